The molecule has 0 aromatic rings. The molecule has 0 radical (unpaired) electrons. The molecule has 1 N–H and O–H groups in total. The van der Waals surface area contributed by atoms with Gasteiger partial charge in [-0.1, -0.05) is 58.8 Å². The van der Waals surface area contributed by atoms with Gasteiger partial charge >= 0.3 is 0 Å². The van der Waals surface area contributed by atoms with E-state index < -0.39 is 0 Å². The van der Waals surface area contributed by atoms with Gasteiger partial charge in [0.25, 0.3) is 0 Å². The summed E-state index contributed by atoms with van der Waals surface area (Å²) in [7, 11) is 2.40. The van der Waals surface area contributed by atoms with E-state index in [1.165, 1.54) is 88.2 Å². The number of quaternary nitrogens is 1. The van der Waals surface area contributed by atoms with Gasteiger partial charge in [0, 0.05) is 13.0 Å². The minimum absolute atomic E-state index is 0. The van der Waals surface area contributed by atoms with Gasteiger partial charge in [-0.2, -0.15) is 0 Å². The Kier molecular flexibility index (Phi) is 19.9. The lowest BCUT2D eigenvalue weighted by Gasteiger charge is -2.35. The number of rotatable bonds is 16. The normalized spacial score (nSPS) is 13.6. The van der Waals surface area contributed by atoms with E-state index in [2.05, 4.69) is 20.9 Å². The van der Waals surface area contributed by atoms with Gasteiger partial charge in [0.15, 0.2) is 0 Å². The van der Waals surface area contributed by atoms with Crippen molar-refractivity contribution in [2.75, 3.05) is 33.3 Å². The molecule has 1 unspecified atom stereocenters. The Hall–Kier alpha value is 0.400. The van der Waals surface area contributed by atoms with Gasteiger partial charge in [-0.25, -0.2) is 0 Å². The van der Waals surface area contributed by atoms with Crippen molar-refractivity contribution in [2.24, 2.45) is 0 Å². The summed E-state index contributed by atoms with van der Waals surface area (Å²) >= 11 is 0. The number of unbranched alkanes of at least 4 members (excludes halogenated alkanes) is 9. The van der Waals surface area contributed by atoms with E-state index in [0.717, 1.165) is 13.0 Å². The quantitative estimate of drug-likeness (QED) is 0.321. The van der Waals surface area contributed by atoms with Crippen LogP contribution in [0.15, 0.2) is 0 Å². The van der Waals surface area contributed by atoms with Crippen molar-refractivity contribution in [2.45, 2.75) is 90.9 Å². The van der Waals surface area contributed by atoms with E-state index in [1.54, 1.807) is 0 Å². The van der Waals surface area contributed by atoms with Crippen molar-refractivity contribution < 1.29 is 26.6 Å². The van der Waals surface area contributed by atoms with Crippen LogP contribution in [0, 0.1) is 0 Å². The first kappa shape index (κ1) is 24.6. The SMILES string of the molecule is CCCCCCCC[N+](C)(CCCO)CCCCCCC.[Br-]. The molecule has 2 nitrogen and oxygen atoms in total. The van der Waals surface area contributed by atoms with Crippen LogP contribution in [0.5, 0.6) is 0 Å². The fraction of sp³-hybridized carbons (Fsp3) is 1.00. The zero-order valence-electron chi connectivity index (χ0n) is 15.6. The Labute approximate surface area is 151 Å². The number of halogens is 1. The van der Waals surface area contributed by atoms with Crippen LogP contribution in [-0.4, -0.2) is 42.9 Å². The predicted molar refractivity (Wildman–Crippen MR) is 94.6 cm³/mol. The lowest BCUT2D eigenvalue weighted by molar-refractivity contribution is -0.910. The van der Waals surface area contributed by atoms with Gasteiger partial charge in [0.2, 0.25) is 0 Å². The maximum absolute atomic E-state index is 9.13. The summed E-state index contributed by atoms with van der Waals surface area (Å²) in [5.41, 5.74) is 0. The number of hydrogen-bond donors (Lipinski definition) is 1. The molecule has 0 bridgehead atoms. The Bertz CT molecular complexity index is 214. The lowest BCUT2D eigenvalue weighted by atomic mass is 10.1. The molecule has 0 amide bonds. The fourth-order valence-electron chi connectivity index (χ4n) is 3.16. The maximum atomic E-state index is 9.13. The smallest absolute Gasteiger partial charge is 0.0806 e. The van der Waals surface area contributed by atoms with Gasteiger partial charge in [-0.15, -0.1) is 0 Å². The molecular weight excluding hydrogens is 338 g/mol. The second kappa shape index (κ2) is 17.7. The third-order valence-electron chi connectivity index (χ3n) is 4.71. The molecule has 0 heterocycles. The molecule has 3 heteroatoms. The van der Waals surface area contributed by atoms with Crippen molar-refractivity contribution in [3.8, 4) is 0 Å². The van der Waals surface area contributed by atoms with Gasteiger partial charge in [0.05, 0.1) is 26.7 Å². The number of aliphatic hydroxyl groups is 1. The number of aliphatic hydroxyl groups excluding tert-OH is 1. The van der Waals surface area contributed by atoms with E-state index in [9.17, 15) is 0 Å². The van der Waals surface area contributed by atoms with Gasteiger partial charge < -0.3 is 26.6 Å². The van der Waals surface area contributed by atoms with Crippen LogP contribution >= 0.6 is 0 Å². The topological polar surface area (TPSA) is 20.2 Å². The molecular formula is C19H42BrNO. The first-order valence-corrected chi connectivity index (χ1v) is 9.63. The van der Waals surface area contributed by atoms with Crippen molar-refractivity contribution >= 4 is 0 Å². The fourth-order valence-corrected chi connectivity index (χ4v) is 3.16. The molecule has 0 saturated carbocycles. The van der Waals surface area contributed by atoms with Crippen LogP contribution in [0.3, 0.4) is 0 Å². The molecule has 0 aliphatic carbocycles. The van der Waals surface area contributed by atoms with Crippen molar-refractivity contribution in [1.29, 1.82) is 0 Å². The van der Waals surface area contributed by atoms with Crippen LogP contribution in [0.4, 0.5) is 0 Å². The van der Waals surface area contributed by atoms with E-state index >= 15 is 0 Å². The zero-order chi connectivity index (χ0) is 15.8. The highest BCUT2D eigenvalue weighted by Gasteiger charge is 2.19. The molecule has 0 saturated heterocycles. The van der Waals surface area contributed by atoms with Gasteiger partial charge in [-0.3, -0.25) is 0 Å². The van der Waals surface area contributed by atoms with Crippen LogP contribution < -0.4 is 17.0 Å². The van der Waals surface area contributed by atoms with E-state index in [-0.39, 0.29) is 17.0 Å². The van der Waals surface area contributed by atoms with Crippen molar-refractivity contribution in [1.82, 2.24) is 0 Å². The summed E-state index contributed by atoms with van der Waals surface area (Å²) in [5.74, 6) is 0. The highest BCUT2D eigenvalue weighted by Crippen LogP contribution is 2.14. The summed E-state index contributed by atoms with van der Waals surface area (Å²) in [5, 5.41) is 9.13. The summed E-state index contributed by atoms with van der Waals surface area (Å²) in [6, 6.07) is 0. The molecule has 1 atom stereocenters. The monoisotopic (exact) mass is 379 g/mol. The highest BCUT2D eigenvalue weighted by molar-refractivity contribution is 4.49. The Balaban J connectivity index is 0. The molecule has 0 fully saturated rings. The number of hydrogen-bond acceptors (Lipinski definition) is 1. The third-order valence-corrected chi connectivity index (χ3v) is 4.71. The average Bonchev–Trinajstić information content (AvgIpc) is 2.49. The second-order valence-electron chi connectivity index (χ2n) is 7.05. The number of nitrogens with zero attached hydrogens (tertiary/aromatic N) is 1. The van der Waals surface area contributed by atoms with Crippen molar-refractivity contribution in [3.05, 3.63) is 0 Å². The molecule has 0 rings (SSSR count). The first-order chi connectivity index (χ1) is 10.2. The lowest BCUT2D eigenvalue weighted by Crippen LogP contribution is -3.00. The molecule has 0 aromatic heterocycles. The van der Waals surface area contributed by atoms with Gasteiger partial charge in [0.1, 0.15) is 0 Å². The minimum atomic E-state index is 0. The molecule has 0 aliphatic heterocycles. The van der Waals surface area contributed by atoms with E-state index in [1.807, 2.05) is 0 Å². The largest absolute Gasteiger partial charge is 1.00 e. The summed E-state index contributed by atoms with van der Waals surface area (Å²) in [4.78, 5) is 0. The van der Waals surface area contributed by atoms with E-state index in [4.69, 9.17) is 5.11 Å². The van der Waals surface area contributed by atoms with Gasteiger partial charge in [-0.05, 0) is 25.7 Å². The highest BCUT2D eigenvalue weighted by atomic mass is 79.9. The standard InChI is InChI=1S/C19H42NO.BrH/c1-4-6-8-10-12-14-17-20(3,18-15-19-21)16-13-11-9-7-5-2;/h21H,4-19H2,1-3H3;1H/q+1;/p-1. The summed E-state index contributed by atoms with van der Waals surface area (Å²) < 4.78 is 1.18. The van der Waals surface area contributed by atoms with E-state index in [0.29, 0.717) is 6.61 Å². The molecule has 22 heavy (non-hydrogen) atoms. The first-order valence-electron chi connectivity index (χ1n) is 9.63. The third kappa shape index (κ3) is 15.3. The maximum Gasteiger partial charge on any atom is 0.0806 e. The molecule has 136 valence electrons. The Morgan fingerprint density at radius 2 is 0.955 bits per heavy atom. The Morgan fingerprint density at radius 1 is 0.591 bits per heavy atom. The van der Waals surface area contributed by atoms with Crippen molar-refractivity contribution in [3.63, 3.8) is 0 Å². The Morgan fingerprint density at radius 3 is 1.36 bits per heavy atom. The molecule has 0 aliphatic rings. The van der Waals surface area contributed by atoms with Crippen LogP contribution in [-0.2, 0) is 0 Å². The average molecular weight is 380 g/mol. The van der Waals surface area contributed by atoms with Crippen LogP contribution in [0.2, 0.25) is 0 Å². The second-order valence-corrected chi connectivity index (χ2v) is 7.05. The zero-order valence-corrected chi connectivity index (χ0v) is 17.2. The predicted octanol–water partition coefficient (Wildman–Crippen LogP) is 2.15. The molecule has 0 aromatic carbocycles. The summed E-state index contributed by atoms with van der Waals surface area (Å²) in [6.45, 7) is 8.67. The minimum Gasteiger partial charge on any atom is -1.00 e. The summed E-state index contributed by atoms with van der Waals surface area (Å²) in [6.07, 6.45) is 16.1. The molecule has 0 spiro atoms. The van der Waals surface area contributed by atoms with Crippen LogP contribution in [0.1, 0.15) is 90.9 Å². The van der Waals surface area contributed by atoms with Crippen LogP contribution in [0.25, 0.3) is 0 Å².